The fraction of sp³-hybridized carbons (Fsp3) is 0. The number of benzene rings is 3. The van der Waals surface area contributed by atoms with Crippen molar-refractivity contribution in [3.8, 4) is 17.2 Å². The van der Waals surface area contributed by atoms with Crippen LogP contribution in [-0.2, 0) is 4.57 Å². The molecule has 0 aliphatic rings. The summed E-state index contributed by atoms with van der Waals surface area (Å²) in [7, 11) is -4.21. The van der Waals surface area contributed by atoms with Crippen molar-refractivity contribution in [1.29, 1.82) is 0 Å². The summed E-state index contributed by atoms with van der Waals surface area (Å²) in [6.07, 6.45) is 0. The van der Waals surface area contributed by atoms with Gasteiger partial charge in [0.15, 0.2) is 22.5 Å². The van der Waals surface area contributed by atoms with E-state index >= 15 is 0 Å². The molecule has 29 heavy (non-hydrogen) atoms. The summed E-state index contributed by atoms with van der Waals surface area (Å²) < 4.78 is 30.8. The van der Waals surface area contributed by atoms with Crippen molar-refractivity contribution in [2.45, 2.75) is 0 Å². The third kappa shape index (κ3) is 3.37. The molecule has 0 aliphatic carbocycles. The minimum Gasteiger partial charge on any atom is -0.386 e. The number of aromatic nitrogens is 6. The van der Waals surface area contributed by atoms with Crippen LogP contribution in [0.1, 0.15) is 0 Å². The van der Waals surface area contributed by atoms with Gasteiger partial charge in [-0.2, -0.15) is 4.57 Å². The van der Waals surface area contributed by atoms with Crippen molar-refractivity contribution in [3.63, 3.8) is 0 Å². The van der Waals surface area contributed by atoms with Crippen LogP contribution in [0, 0.1) is 0 Å². The zero-order chi connectivity index (χ0) is 19.7. The molecule has 0 atom stereocenters. The number of hydrogen-bond donors (Lipinski definition) is 2. The quantitative estimate of drug-likeness (QED) is 0.405. The second kappa shape index (κ2) is 6.92. The van der Waals surface area contributed by atoms with Crippen LogP contribution in [0.4, 0.5) is 0 Å². The molecule has 2 heterocycles. The number of rotatable bonds is 6. The summed E-state index contributed by atoms with van der Waals surface area (Å²) in [6, 6.07) is 18.8. The molecule has 2 N–H and O–H groups in total. The van der Waals surface area contributed by atoms with Gasteiger partial charge in [0.1, 0.15) is 5.75 Å². The second-order valence-electron chi connectivity index (χ2n) is 5.96. The number of para-hydroxylation sites is 1. The highest BCUT2D eigenvalue weighted by molar-refractivity contribution is 7.49. The van der Waals surface area contributed by atoms with E-state index in [1.165, 1.54) is 0 Å². The van der Waals surface area contributed by atoms with E-state index < -0.39 is 7.82 Å². The number of phosphoric ester groups is 1. The van der Waals surface area contributed by atoms with Gasteiger partial charge in [0, 0.05) is 0 Å². The third-order valence-electron chi connectivity index (χ3n) is 4.02. The van der Waals surface area contributed by atoms with Crippen molar-refractivity contribution in [2.75, 3.05) is 0 Å². The Morgan fingerprint density at radius 3 is 1.76 bits per heavy atom. The highest BCUT2D eigenvalue weighted by atomic mass is 31.2. The van der Waals surface area contributed by atoms with E-state index in [0.717, 1.165) is 0 Å². The third-order valence-corrected chi connectivity index (χ3v) is 5.29. The molecule has 11 heteroatoms. The average Bonchev–Trinajstić information content (AvgIpc) is 3.39. The highest BCUT2D eigenvalue weighted by Crippen LogP contribution is 2.51. The first kappa shape index (κ1) is 17.2. The number of phosphoric acid groups is 1. The Hall–Kier alpha value is -3.91. The smallest absolute Gasteiger partial charge is 0.386 e. The van der Waals surface area contributed by atoms with Crippen LogP contribution in [0.25, 0.3) is 22.1 Å². The predicted molar refractivity (Wildman–Crippen MR) is 104 cm³/mol. The van der Waals surface area contributed by atoms with Gasteiger partial charge in [-0.15, -0.1) is 10.2 Å². The van der Waals surface area contributed by atoms with Crippen LogP contribution in [-0.4, -0.2) is 30.8 Å². The van der Waals surface area contributed by atoms with E-state index in [4.69, 9.17) is 13.6 Å². The lowest BCUT2D eigenvalue weighted by Gasteiger charge is -2.19. The molecule has 0 unspecified atom stereocenters. The number of nitrogens with one attached hydrogen (secondary N) is 2. The average molecular weight is 408 g/mol. The molecule has 0 saturated heterocycles. The van der Waals surface area contributed by atoms with Crippen LogP contribution >= 0.6 is 7.82 Å². The zero-order valence-electron chi connectivity index (χ0n) is 14.7. The maximum Gasteiger partial charge on any atom is 0.647 e. The van der Waals surface area contributed by atoms with Gasteiger partial charge in [-0.25, -0.2) is 0 Å². The molecule has 0 radical (unpaired) electrons. The van der Waals surface area contributed by atoms with Crippen molar-refractivity contribution in [1.82, 2.24) is 30.8 Å². The van der Waals surface area contributed by atoms with Gasteiger partial charge in [-0.05, 0) is 36.4 Å². The lowest BCUT2D eigenvalue weighted by atomic mass is 10.3. The molecule has 5 rings (SSSR count). The Morgan fingerprint density at radius 2 is 1.21 bits per heavy atom. The monoisotopic (exact) mass is 408 g/mol. The van der Waals surface area contributed by atoms with Gasteiger partial charge in [-0.1, -0.05) is 40.8 Å². The maximum atomic E-state index is 13.7. The van der Waals surface area contributed by atoms with E-state index in [1.54, 1.807) is 60.7 Å². The lowest BCUT2D eigenvalue weighted by molar-refractivity contribution is 0.300. The Morgan fingerprint density at radius 1 is 0.655 bits per heavy atom. The normalized spacial score (nSPS) is 11.6. The number of nitrogens with zero attached hydrogens (tertiary/aromatic N) is 4. The van der Waals surface area contributed by atoms with Gasteiger partial charge >= 0.3 is 7.82 Å². The van der Waals surface area contributed by atoms with E-state index in [1.807, 2.05) is 6.07 Å². The van der Waals surface area contributed by atoms with Crippen molar-refractivity contribution in [2.24, 2.45) is 0 Å². The van der Waals surface area contributed by atoms with Crippen molar-refractivity contribution in [3.05, 3.63) is 66.7 Å². The van der Waals surface area contributed by atoms with Crippen molar-refractivity contribution < 1.29 is 18.1 Å². The fourth-order valence-electron chi connectivity index (χ4n) is 2.74. The Bertz CT molecular complexity index is 1260. The molecule has 5 aromatic rings. The first-order chi connectivity index (χ1) is 14.2. The Balaban J connectivity index is 1.56. The Kier molecular flexibility index (Phi) is 4.10. The number of H-pyrrole nitrogens is 2. The Labute approximate surface area is 163 Å². The lowest BCUT2D eigenvalue weighted by Crippen LogP contribution is -2.08. The molecular weight excluding hydrogens is 395 g/mol. The molecule has 0 bridgehead atoms. The summed E-state index contributed by atoms with van der Waals surface area (Å²) in [5.41, 5.74) is 2.03. The predicted octanol–water partition coefficient (Wildman–Crippen LogP) is 3.87. The minimum absolute atomic E-state index is 0.197. The largest absolute Gasteiger partial charge is 0.647 e. The van der Waals surface area contributed by atoms with Crippen LogP contribution in [0.5, 0.6) is 17.2 Å². The summed E-state index contributed by atoms with van der Waals surface area (Å²) >= 11 is 0. The van der Waals surface area contributed by atoms with Gasteiger partial charge in [0.05, 0.1) is 11.0 Å². The number of aromatic amines is 2. The minimum atomic E-state index is -4.21. The van der Waals surface area contributed by atoms with Gasteiger partial charge in [0.25, 0.3) is 0 Å². The molecule has 0 amide bonds. The number of hydrogen-bond acceptors (Lipinski definition) is 8. The van der Waals surface area contributed by atoms with Crippen LogP contribution < -0.4 is 13.6 Å². The molecular formula is C18H13N6O4P. The summed E-state index contributed by atoms with van der Waals surface area (Å²) in [4.78, 5) is 0. The fourth-order valence-corrected chi connectivity index (χ4v) is 4.01. The van der Waals surface area contributed by atoms with Gasteiger partial charge in [-0.3, -0.25) is 10.2 Å². The van der Waals surface area contributed by atoms with Crippen molar-refractivity contribution >= 4 is 29.9 Å². The molecule has 0 fully saturated rings. The molecule has 2 aromatic heterocycles. The van der Waals surface area contributed by atoms with E-state index in [2.05, 4.69) is 30.8 Å². The van der Waals surface area contributed by atoms with Crippen LogP contribution in [0.2, 0.25) is 0 Å². The topological polar surface area (TPSA) is 128 Å². The van der Waals surface area contributed by atoms with Crippen LogP contribution in [0.3, 0.4) is 0 Å². The van der Waals surface area contributed by atoms with Gasteiger partial charge < -0.3 is 13.6 Å². The second-order valence-corrected chi connectivity index (χ2v) is 7.40. The standard InChI is InChI=1S/C18H13N6O4P/c25-29(26-12-6-2-1-3-7-12,27-15-10-4-8-13-17(15)21-23-19-13)28-16-11-5-9-14-18(16)22-24-20-14/h1-11H,(H,19,21,23)(H,20,22,24). The highest BCUT2D eigenvalue weighted by Gasteiger charge is 2.35. The SMILES string of the molecule is O=P(Oc1ccccc1)(Oc1cccc2[nH]nnc12)Oc1cccc2[nH]nnc12. The van der Waals surface area contributed by atoms with E-state index in [9.17, 15) is 4.57 Å². The summed E-state index contributed by atoms with van der Waals surface area (Å²) in [5.74, 6) is 0.709. The molecule has 0 spiro atoms. The molecule has 144 valence electrons. The zero-order valence-corrected chi connectivity index (χ0v) is 15.6. The molecule has 0 saturated carbocycles. The van der Waals surface area contributed by atoms with Gasteiger partial charge in [0.2, 0.25) is 0 Å². The first-order valence-electron chi connectivity index (χ1n) is 8.54. The van der Waals surface area contributed by atoms with E-state index in [0.29, 0.717) is 27.8 Å². The van der Waals surface area contributed by atoms with E-state index in [-0.39, 0.29) is 11.5 Å². The molecule has 0 aliphatic heterocycles. The maximum absolute atomic E-state index is 13.7. The molecule has 3 aromatic carbocycles. The van der Waals surface area contributed by atoms with Crippen LogP contribution in [0.15, 0.2) is 66.7 Å². The number of fused-ring (bicyclic) bond motifs is 2. The molecule has 10 nitrogen and oxygen atoms in total. The first-order valence-corrected chi connectivity index (χ1v) is 10.00. The summed E-state index contributed by atoms with van der Waals surface area (Å²) in [6.45, 7) is 0. The summed E-state index contributed by atoms with van der Waals surface area (Å²) in [5, 5.41) is 20.9.